The maximum Gasteiger partial charge on any atom is 0.205 e. The van der Waals surface area contributed by atoms with Gasteiger partial charge in [-0.25, -0.2) is 0 Å². The van der Waals surface area contributed by atoms with Crippen LogP contribution >= 0.6 is 0 Å². The molecule has 4 nitrogen and oxygen atoms in total. The van der Waals surface area contributed by atoms with Gasteiger partial charge >= 0.3 is 0 Å². The summed E-state index contributed by atoms with van der Waals surface area (Å²) in [6.07, 6.45) is 1.74. The van der Waals surface area contributed by atoms with Crippen LogP contribution in [0.5, 0.6) is 0 Å². The first-order valence-corrected chi connectivity index (χ1v) is 3.21. The van der Waals surface area contributed by atoms with Crippen molar-refractivity contribution in [3.05, 3.63) is 11.8 Å². The Morgan fingerprint density at radius 1 is 1.91 bits per heavy atom. The molecule has 1 rings (SSSR count). The van der Waals surface area contributed by atoms with Gasteiger partial charge in [-0.3, -0.25) is 9.59 Å². The second kappa shape index (κ2) is 3.30. The smallest absolute Gasteiger partial charge is 0.205 e. The lowest BCUT2D eigenvalue weighted by Crippen LogP contribution is -2.14. The molecule has 1 aliphatic rings. The topological polar surface area (TPSA) is 63.6 Å². The fourth-order valence-electron chi connectivity index (χ4n) is 0.867. The van der Waals surface area contributed by atoms with Crippen molar-refractivity contribution in [3.8, 4) is 0 Å². The van der Waals surface area contributed by atoms with E-state index < -0.39 is 11.7 Å². The number of aliphatic hydroxyl groups is 1. The molecule has 1 N–H and O–H groups in total. The molecule has 0 aromatic heterocycles. The van der Waals surface area contributed by atoms with Crippen LogP contribution in [0.3, 0.4) is 0 Å². The van der Waals surface area contributed by atoms with Crippen LogP contribution in [0.4, 0.5) is 0 Å². The first kappa shape index (κ1) is 7.94. The number of ketones is 1. The zero-order chi connectivity index (χ0) is 8.27. The summed E-state index contributed by atoms with van der Waals surface area (Å²) >= 11 is 0. The predicted octanol–water partition coefficient (Wildman–Crippen LogP) is -0.723. The molecule has 0 radical (unpaired) electrons. The van der Waals surface area contributed by atoms with Crippen molar-refractivity contribution < 1.29 is 19.4 Å². The highest BCUT2D eigenvalue weighted by Gasteiger charge is 2.22. The number of aldehydes is 1. The van der Waals surface area contributed by atoms with Crippen LogP contribution in [-0.4, -0.2) is 30.4 Å². The van der Waals surface area contributed by atoms with E-state index in [1.807, 2.05) is 0 Å². The first-order chi connectivity index (χ1) is 5.27. The lowest BCUT2D eigenvalue weighted by molar-refractivity contribution is -0.131. The number of aliphatic hydroxyl groups excluding tert-OH is 1. The molecule has 1 unspecified atom stereocenters. The molecule has 1 aliphatic heterocycles. The summed E-state index contributed by atoms with van der Waals surface area (Å²) in [4.78, 5) is 20.7. The lowest BCUT2D eigenvalue weighted by atomic mass is 10.1. The van der Waals surface area contributed by atoms with Crippen molar-refractivity contribution in [1.82, 2.24) is 0 Å². The van der Waals surface area contributed by atoms with Crippen LogP contribution in [0.25, 0.3) is 0 Å². The summed E-state index contributed by atoms with van der Waals surface area (Å²) < 4.78 is 4.87. The van der Waals surface area contributed by atoms with Crippen molar-refractivity contribution in [3.63, 3.8) is 0 Å². The molecule has 0 bridgehead atoms. The minimum atomic E-state index is -0.506. The molecule has 0 aromatic carbocycles. The average molecular weight is 156 g/mol. The predicted molar refractivity (Wildman–Crippen MR) is 35.7 cm³/mol. The molecule has 0 amide bonds. The van der Waals surface area contributed by atoms with Crippen molar-refractivity contribution >= 4 is 12.1 Å². The fraction of sp³-hybridized carbons (Fsp3) is 0.429. The van der Waals surface area contributed by atoms with Crippen molar-refractivity contribution in [1.29, 1.82) is 0 Å². The van der Waals surface area contributed by atoms with E-state index in [0.717, 1.165) is 0 Å². The van der Waals surface area contributed by atoms with E-state index in [2.05, 4.69) is 0 Å². The van der Waals surface area contributed by atoms with Gasteiger partial charge in [0.1, 0.15) is 19.0 Å². The summed E-state index contributed by atoms with van der Waals surface area (Å²) in [5, 5.41) is 8.55. The second-order valence-corrected chi connectivity index (χ2v) is 2.23. The Bertz CT molecular complexity index is 206. The van der Waals surface area contributed by atoms with Gasteiger partial charge in [0, 0.05) is 0 Å². The van der Waals surface area contributed by atoms with Gasteiger partial charge in [-0.15, -0.1) is 0 Å². The summed E-state index contributed by atoms with van der Waals surface area (Å²) in [6.45, 7) is -0.0455. The van der Waals surface area contributed by atoms with Gasteiger partial charge in [-0.05, 0) is 6.08 Å². The third-order valence-electron chi connectivity index (χ3n) is 1.47. The average Bonchev–Trinajstić information content (AvgIpc) is 2.50. The molecule has 1 atom stereocenters. The maximum absolute atomic E-state index is 10.7. The Hall–Kier alpha value is -1.16. The van der Waals surface area contributed by atoms with Crippen molar-refractivity contribution in [2.75, 3.05) is 13.2 Å². The van der Waals surface area contributed by atoms with E-state index in [-0.39, 0.29) is 19.5 Å². The number of carbonyl (C=O) groups excluding carboxylic acids is 2. The molecule has 1 heterocycles. The summed E-state index contributed by atoms with van der Waals surface area (Å²) in [7, 11) is 0. The SMILES string of the molecule is O=CC(=O)C1C=C(CO)OC1. The molecule has 0 aromatic rings. The minimum absolute atomic E-state index is 0.174. The minimum Gasteiger partial charge on any atom is -0.495 e. The lowest BCUT2D eigenvalue weighted by Gasteiger charge is -1.98. The number of ether oxygens (including phenoxy) is 1. The first-order valence-electron chi connectivity index (χ1n) is 3.21. The highest BCUT2D eigenvalue weighted by atomic mass is 16.5. The van der Waals surface area contributed by atoms with Crippen LogP contribution in [0, 0.1) is 5.92 Å². The van der Waals surface area contributed by atoms with E-state index >= 15 is 0 Å². The third kappa shape index (κ3) is 1.65. The van der Waals surface area contributed by atoms with Crippen molar-refractivity contribution in [2.24, 2.45) is 5.92 Å². The summed E-state index contributed by atoms with van der Waals surface area (Å²) in [6, 6.07) is 0. The Kier molecular flexibility index (Phi) is 2.38. The van der Waals surface area contributed by atoms with Crippen LogP contribution in [0.15, 0.2) is 11.8 Å². The van der Waals surface area contributed by atoms with E-state index in [0.29, 0.717) is 5.76 Å². The van der Waals surface area contributed by atoms with Gasteiger partial charge in [-0.2, -0.15) is 0 Å². The van der Waals surface area contributed by atoms with E-state index in [1.165, 1.54) is 6.08 Å². The van der Waals surface area contributed by atoms with Gasteiger partial charge in [0.25, 0.3) is 0 Å². The Morgan fingerprint density at radius 3 is 3.09 bits per heavy atom. The van der Waals surface area contributed by atoms with Gasteiger partial charge in [0.15, 0.2) is 6.29 Å². The van der Waals surface area contributed by atoms with E-state index in [4.69, 9.17) is 9.84 Å². The largest absolute Gasteiger partial charge is 0.495 e. The fourth-order valence-corrected chi connectivity index (χ4v) is 0.867. The molecule has 4 heteroatoms. The van der Waals surface area contributed by atoms with Crippen LogP contribution < -0.4 is 0 Å². The van der Waals surface area contributed by atoms with E-state index in [1.54, 1.807) is 0 Å². The van der Waals surface area contributed by atoms with E-state index in [9.17, 15) is 9.59 Å². The summed E-state index contributed by atoms with van der Waals surface area (Å²) in [5.41, 5.74) is 0. The standard InChI is InChI=1S/C7H8O4/c8-2-6-1-5(4-11-6)7(10)3-9/h1,3,5,8H,2,4H2. The maximum atomic E-state index is 10.7. The quantitative estimate of drug-likeness (QED) is 0.432. The number of carbonyl (C=O) groups is 2. The van der Waals surface area contributed by atoms with Gasteiger partial charge in [-0.1, -0.05) is 0 Å². The molecule has 11 heavy (non-hydrogen) atoms. The molecule has 0 spiro atoms. The van der Waals surface area contributed by atoms with Crippen molar-refractivity contribution in [2.45, 2.75) is 0 Å². The number of rotatable bonds is 3. The summed E-state index contributed by atoms with van der Waals surface area (Å²) in [5.74, 6) is -0.631. The number of Topliss-reactive ketones (excluding diaryl/α,β-unsaturated/α-hetero) is 1. The van der Waals surface area contributed by atoms with Gasteiger partial charge in [0.05, 0.1) is 5.92 Å². The van der Waals surface area contributed by atoms with Gasteiger partial charge in [0.2, 0.25) is 5.78 Å². The highest BCUT2D eigenvalue weighted by molar-refractivity contribution is 6.26. The molecule has 60 valence electrons. The van der Waals surface area contributed by atoms with Crippen LogP contribution in [0.2, 0.25) is 0 Å². The number of hydrogen-bond acceptors (Lipinski definition) is 4. The number of hydrogen-bond donors (Lipinski definition) is 1. The Morgan fingerprint density at radius 2 is 2.64 bits per heavy atom. The monoisotopic (exact) mass is 156 g/mol. The molecule has 0 aliphatic carbocycles. The molecule has 0 saturated heterocycles. The van der Waals surface area contributed by atoms with Gasteiger partial charge < -0.3 is 9.84 Å². The van der Waals surface area contributed by atoms with Crippen LogP contribution in [0.1, 0.15) is 0 Å². The Balaban J connectivity index is 2.58. The Labute approximate surface area is 63.5 Å². The molecule has 0 fully saturated rings. The molecular formula is C7H8O4. The molecular weight excluding hydrogens is 148 g/mol. The normalized spacial score (nSPS) is 22.3. The zero-order valence-corrected chi connectivity index (χ0v) is 5.82. The second-order valence-electron chi connectivity index (χ2n) is 2.23. The highest BCUT2D eigenvalue weighted by Crippen LogP contribution is 2.15. The molecule has 0 saturated carbocycles. The van der Waals surface area contributed by atoms with Crippen LogP contribution in [-0.2, 0) is 14.3 Å². The third-order valence-corrected chi connectivity index (χ3v) is 1.47. The zero-order valence-electron chi connectivity index (χ0n) is 5.82.